The van der Waals surface area contributed by atoms with Crippen molar-refractivity contribution in [3.05, 3.63) is 59.6 Å². The number of likely N-dealkylation sites (N-methyl/N-ethyl adjacent to an activating group) is 1. The summed E-state index contributed by atoms with van der Waals surface area (Å²) in [6.45, 7) is 3.40. The van der Waals surface area contributed by atoms with E-state index in [1.54, 1.807) is 35.4 Å². The maximum Gasteiger partial charge on any atom is 0.347 e. The Morgan fingerprint density at radius 1 is 1.10 bits per heavy atom. The molecule has 3 aromatic rings. The number of thiazole rings is 1. The fourth-order valence-corrected chi connectivity index (χ4v) is 3.80. The van der Waals surface area contributed by atoms with Crippen molar-refractivity contribution in [3.63, 3.8) is 0 Å². The molecule has 6 nitrogen and oxygen atoms in total. The van der Waals surface area contributed by atoms with Gasteiger partial charge >= 0.3 is 5.97 Å². The number of nitrogens with zero attached hydrogens (tertiary/aromatic N) is 2. The number of hydrogen-bond acceptors (Lipinski definition) is 6. The van der Waals surface area contributed by atoms with E-state index in [-0.39, 0.29) is 18.6 Å². The van der Waals surface area contributed by atoms with Crippen LogP contribution < -0.4 is 4.74 Å². The van der Waals surface area contributed by atoms with Crippen LogP contribution >= 0.6 is 11.3 Å². The van der Waals surface area contributed by atoms with E-state index in [0.29, 0.717) is 12.2 Å². The number of carbonyl (C=O) groups is 2. The van der Waals surface area contributed by atoms with Gasteiger partial charge in [-0.1, -0.05) is 37.3 Å². The lowest BCUT2D eigenvalue weighted by atomic mass is 10.2. The Bertz CT molecular complexity index is 940. The van der Waals surface area contributed by atoms with Gasteiger partial charge in [0.2, 0.25) is 0 Å². The van der Waals surface area contributed by atoms with E-state index in [4.69, 9.17) is 9.47 Å². The average molecular weight is 413 g/mol. The van der Waals surface area contributed by atoms with Crippen molar-refractivity contribution in [1.82, 2.24) is 9.88 Å². The Labute approximate surface area is 174 Å². The van der Waals surface area contributed by atoms with Crippen molar-refractivity contribution >= 4 is 33.4 Å². The van der Waals surface area contributed by atoms with Crippen LogP contribution in [0.15, 0.2) is 54.6 Å². The highest BCUT2D eigenvalue weighted by Gasteiger charge is 2.25. The van der Waals surface area contributed by atoms with E-state index in [0.717, 1.165) is 15.2 Å². The summed E-state index contributed by atoms with van der Waals surface area (Å²) in [7, 11) is 1.69. The molecule has 7 heteroatoms. The molecular weight excluding hydrogens is 388 g/mol. The zero-order valence-corrected chi connectivity index (χ0v) is 17.5. The first-order valence-corrected chi connectivity index (χ1v) is 10.3. The maximum absolute atomic E-state index is 12.5. The number of esters is 1. The summed E-state index contributed by atoms with van der Waals surface area (Å²) >= 11 is 1.55. The van der Waals surface area contributed by atoms with E-state index < -0.39 is 12.1 Å². The zero-order chi connectivity index (χ0) is 20.8. The topological polar surface area (TPSA) is 68.7 Å². The summed E-state index contributed by atoms with van der Waals surface area (Å²) in [6, 6.07) is 16.7. The molecule has 3 rings (SSSR count). The lowest BCUT2D eigenvalue weighted by Gasteiger charge is -2.23. The van der Waals surface area contributed by atoms with E-state index >= 15 is 0 Å². The number of ether oxygens (including phenoxy) is 2. The molecule has 1 heterocycles. The minimum absolute atomic E-state index is 0.221. The van der Waals surface area contributed by atoms with Gasteiger partial charge in [-0.2, -0.15) is 0 Å². The predicted octanol–water partition coefficient (Wildman–Crippen LogP) is 4.22. The molecule has 1 amide bonds. The monoisotopic (exact) mass is 412 g/mol. The van der Waals surface area contributed by atoms with Crippen molar-refractivity contribution in [2.75, 3.05) is 13.7 Å². The molecule has 2 aromatic carbocycles. The molecule has 2 atom stereocenters. The molecule has 0 radical (unpaired) electrons. The second-order valence-electron chi connectivity index (χ2n) is 6.64. The van der Waals surface area contributed by atoms with E-state index in [9.17, 15) is 9.59 Å². The third kappa shape index (κ3) is 5.12. The smallest absolute Gasteiger partial charge is 0.347 e. The first-order chi connectivity index (χ1) is 14.0. The fraction of sp³-hybridized carbons (Fsp3) is 0.318. The minimum Gasteiger partial charge on any atom is -0.479 e. The lowest BCUT2D eigenvalue weighted by Crippen LogP contribution is -2.36. The largest absolute Gasteiger partial charge is 0.479 e. The first kappa shape index (κ1) is 20.8. The Kier molecular flexibility index (Phi) is 6.82. The lowest BCUT2D eigenvalue weighted by molar-refractivity contribution is -0.158. The van der Waals surface area contributed by atoms with Crippen LogP contribution in [0.5, 0.6) is 5.75 Å². The van der Waals surface area contributed by atoms with Crippen molar-refractivity contribution in [1.29, 1.82) is 0 Å². The highest BCUT2D eigenvalue weighted by atomic mass is 32.1. The second-order valence-corrected chi connectivity index (χ2v) is 7.70. The van der Waals surface area contributed by atoms with Gasteiger partial charge < -0.3 is 14.4 Å². The standard InChI is InChI=1S/C22H24N2O4S/c1-4-18(28-16-10-6-5-7-11-16)22(26)27-14-20(25)24(3)15(2)21-23-17-12-8-9-13-19(17)29-21/h5-13,15,18H,4,14H2,1-3H3/t15-,18-/m1/s1. The summed E-state index contributed by atoms with van der Waals surface area (Å²) in [5.41, 5.74) is 0.912. The van der Waals surface area contributed by atoms with Crippen molar-refractivity contribution in [3.8, 4) is 5.75 Å². The van der Waals surface area contributed by atoms with Crippen molar-refractivity contribution in [2.45, 2.75) is 32.4 Å². The molecule has 0 saturated heterocycles. The summed E-state index contributed by atoms with van der Waals surface area (Å²) < 4.78 is 12.0. The number of fused-ring (bicyclic) bond motifs is 1. The molecule has 0 fully saturated rings. The molecule has 0 aliphatic carbocycles. The number of amides is 1. The van der Waals surface area contributed by atoms with Gasteiger partial charge in [-0.3, -0.25) is 4.79 Å². The van der Waals surface area contributed by atoms with Gasteiger partial charge in [0.15, 0.2) is 12.7 Å². The normalized spacial score (nSPS) is 12.9. The van der Waals surface area contributed by atoms with E-state index in [2.05, 4.69) is 4.98 Å². The van der Waals surface area contributed by atoms with Gasteiger partial charge in [-0.15, -0.1) is 11.3 Å². The minimum atomic E-state index is -0.753. The Balaban J connectivity index is 1.56. The Morgan fingerprint density at radius 2 is 1.79 bits per heavy atom. The second kappa shape index (κ2) is 9.52. The SMILES string of the molecule is CC[C@@H](Oc1ccccc1)C(=O)OCC(=O)N(C)[C@H](C)c1nc2ccccc2s1. The number of hydrogen-bond donors (Lipinski definition) is 0. The first-order valence-electron chi connectivity index (χ1n) is 9.49. The Morgan fingerprint density at radius 3 is 2.48 bits per heavy atom. The number of benzene rings is 2. The van der Waals surface area contributed by atoms with Crippen LogP contribution in [0.4, 0.5) is 0 Å². The summed E-state index contributed by atoms with van der Waals surface area (Å²) in [5, 5.41) is 0.840. The number of aromatic nitrogens is 1. The van der Waals surface area contributed by atoms with Gasteiger partial charge in [0.05, 0.1) is 16.3 Å². The number of rotatable bonds is 8. The average Bonchev–Trinajstić information content (AvgIpc) is 3.19. The predicted molar refractivity (Wildman–Crippen MR) is 113 cm³/mol. The molecule has 0 N–H and O–H groups in total. The molecule has 0 aliphatic rings. The molecule has 0 saturated carbocycles. The van der Waals surface area contributed by atoms with Crippen molar-refractivity contribution in [2.24, 2.45) is 0 Å². The van der Waals surface area contributed by atoms with Gasteiger partial charge in [0.1, 0.15) is 10.8 Å². The highest BCUT2D eigenvalue weighted by Crippen LogP contribution is 2.28. The van der Waals surface area contributed by atoms with E-state index in [1.807, 2.05) is 56.3 Å². The van der Waals surface area contributed by atoms with Crippen LogP contribution in [-0.4, -0.2) is 41.5 Å². The summed E-state index contributed by atoms with van der Waals surface area (Å²) in [4.78, 5) is 31.0. The summed E-state index contributed by atoms with van der Waals surface area (Å²) in [6.07, 6.45) is -0.308. The van der Waals surface area contributed by atoms with Crippen LogP contribution in [0.1, 0.15) is 31.3 Å². The van der Waals surface area contributed by atoms with Gasteiger partial charge in [0.25, 0.3) is 5.91 Å². The molecule has 0 spiro atoms. The van der Waals surface area contributed by atoms with Crippen LogP contribution in [0.25, 0.3) is 10.2 Å². The van der Waals surface area contributed by atoms with Crippen LogP contribution in [-0.2, 0) is 14.3 Å². The van der Waals surface area contributed by atoms with Gasteiger partial charge in [-0.05, 0) is 37.6 Å². The molecular formula is C22H24N2O4S. The Hall–Kier alpha value is -2.93. The van der Waals surface area contributed by atoms with Crippen LogP contribution in [0, 0.1) is 0 Å². The number of carbonyl (C=O) groups excluding carboxylic acids is 2. The molecule has 0 bridgehead atoms. The summed E-state index contributed by atoms with van der Waals surface area (Å²) in [5.74, 6) is -0.255. The third-order valence-electron chi connectivity index (χ3n) is 4.64. The van der Waals surface area contributed by atoms with Crippen molar-refractivity contribution < 1.29 is 19.1 Å². The quantitative estimate of drug-likeness (QED) is 0.518. The molecule has 0 aliphatic heterocycles. The van der Waals surface area contributed by atoms with Gasteiger partial charge in [-0.25, -0.2) is 9.78 Å². The molecule has 0 unspecified atom stereocenters. The maximum atomic E-state index is 12.5. The number of para-hydroxylation sites is 2. The molecule has 29 heavy (non-hydrogen) atoms. The third-order valence-corrected chi connectivity index (χ3v) is 5.84. The van der Waals surface area contributed by atoms with Gasteiger partial charge in [0, 0.05) is 7.05 Å². The zero-order valence-electron chi connectivity index (χ0n) is 16.7. The van der Waals surface area contributed by atoms with E-state index in [1.165, 1.54) is 0 Å². The molecule has 152 valence electrons. The van der Waals surface area contributed by atoms with Crippen LogP contribution in [0.3, 0.4) is 0 Å². The highest BCUT2D eigenvalue weighted by molar-refractivity contribution is 7.18. The molecule has 1 aromatic heterocycles. The fourth-order valence-electron chi connectivity index (χ4n) is 2.74. The van der Waals surface area contributed by atoms with Crippen LogP contribution in [0.2, 0.25) is 0 Å².